The van der Waals surface area contributed by atoms with Gasteiger partial charge >= 0.3 is 0 Å². The maximum Gasteiger partial charge on any atom is 0.254 e. The van der Waals surface area contributed by atoms with Crippen molar-refractivity contribution in [3.8, 4) is 0 Å². The monoisotopic (exact) mass is 341 g/mol. The quantitative estimate of drug-likeness (QED) is 0.852. The molecule has 1 heterocycles. The summed E-state index contributed by atoms with van der Waals surface area (Å²) < 4.78 is 5.25. The van der Waals surface area contributed by atoms with E-state index >= 15 is 0 Å². The molecule has 0 spiro atoms. The first kappa shape index (κ1) is 19.4. The van der Waals surface area contributed by atoms with E-state index in [1.54, 1.807) is 29.2 Å². The van der Waals surface area contributed by atoms with E-state index < -0.39 is 0 Å². The van der Waals surface area contributed by atoms with E-state index in [1.807, 2.05) is 6.92 Å². The van der Waals surface area contributed by atoms with Gasteiger partial charge in [-0.1, -0.05) is 6.07 Å². The van der Waals surface area contributed by atoms with Gasteiger partial charge in [-0.3, -0.25) is 9.59 Å². The van der Waals surface area contributed by atoms with Gasteiger partial charge in [0, 0.05) is 36.8 Å². The van der Waals surface area contributed by atoms with Crippen LogP contribution < -0.4 is 11.1 Å². The Morgan fingerprint density at radius 1 is 1.35 bits per heavy atom. The predicted molar refractivity (Wildman–Crippen MR) is 91.9 cm³/mol. The van der Waals surface area contributed by atoms with Gasteiger partial charge in [-0.2, -0.15) is 0 Å². The molecule has 1 saturated heterocycles. The Morgan fingerprint density at radius 2 is 2.04 bits per heavy atom. The molecule has 1 unspecified atom stereocenters. The number of carbonyl (C=O) groups excluding carboxylic acids is 2. The summed E-state index contributed by atoms with van der Waals surface area (Å²) in [6.07, 6.45) is 1.01. The number of morpholine rings is 1. The third kappa shape index (κ3) is 6.17. The van der Waals surface area contributed by atoms with Gasteiger partial charge < -0.3 is 20.7 Å². The fourth-order valence-electron chi connectivity index (χ4n) is 2.26. The maximum atomic E-state index is 12.4. The highest BCUT2D eigenvalue weighted by Crippen LogP contribution is 2.14. The minimum atomic E-state index is -0.0896. The van der Waals surface area contributed by atoms with Gasteiger partial charge in [-0.05, 0) is 31.5 Å². The maximum absolute atomic E-state index is 12.4. The smallest absolute Gasteiger partial charge is 0.254 e. The van der Waals surface area contributed by atoms with E-state index in [2.05, 4.69) is 5.32 Å². The number of rotatable bonds is 5. The number of hydrogen-bond acceptors (Lipinski definition) is 4. The molecule has 0 aromatic heterocycles. The van der Waals surface area contributed by atoms with Crippen molar-refractivity contribution in [2.45, 2.75) is 25.8 Å². The van der Waals surface area contributed by atoms with Crippen LogP contribution in [0.25, 0.3) is 0 Å². The summed E-state index contributed by atoms with van der Waals surface area (Å²) in [5.41, 5.74) is 6.85. The second kappa shape index (κ2) is 9.50. The van der Waals surface area contributed by atoms with E-state index in [-0.39, 0.29) is 30.3 Å². The molecule has 1 aromatic rings. The van der Waals surface area contributed by atoms with E-state index in [1.165, 1.54) is 0 Å². The largest absolute Gasteiger partial charge is 0.378 e. The topological polar surface area (TPSA) is 84.7 Å². The molecule has 23 heavy (non-hydrogen) atoms. The first-order valence-corrected chi connectivity index (χ1v) is 7.59. The van der Waals surface area contributed by atoms with E-state index in [9.17, 15) is 9.59 Å². The molecule has 6 nitrogen and oxygen atoms in total. The number of hydrogen-bond donors (Lipinski definition) is 2. The van der Waals surface area contributed by atoms with Crippen molar-refractivity contribution in [3.05, 3.63) is 29.8 Å². The second-order valence-corrected chi connectivity index (χ2v) is 5.55. The van der Waals surface area contributed by atoms with Crippen LogP contribution in [-0.4, -0.2) is 49.1 Å². The molecule has 0 saturated carbocycles. The van der Waals surface area contributed by atoms with E-state index in [0.717, 1.165) is 0 Å². The van der Waals surface area contributed by atoms with Crippen molar-refractivity contribution in [1.29, 1.82) is 0 Å². The Bertz CT molecular complexity index is 531. The summed E-state index contributed by atoms with van der Waals surface area (Å²) in [4.78, 5) is 26.0. The summed E-state index contributed by atoms with van der Waals surface area (Å²) in [6, 6.07) is 7.02. The third-order valence-corrected chi connectivity index (χ3v) is 3.52. The summed E-state index contributed by atoms with van der Waals surface area (Å²) in [7, 11) is 0. The van der Waals surface area contributed by atoms with Crippen molar-refractivity contribution in [2.75, 3.05) is 31.6 Å². The number of amides is 2. The van der Waals surface area contributed by atoms with Crippen LogP contribution in [0.3, 0.4) is 0 Å². The summed E-state index contributed by atoms with van der Waals surface area (Å²) in [5.74, 6) is -0.122. The van der Waals surface area contributed by atoms with Gasteiger partial charge in [-0.25, -0.2) is 0 Å². The van der Waals surface area contributed by atoms with Gasteiger partial charge in [0.15, 0.2) is 0 Å². The molecule has 1 aliphatic heterocycles. The van der Waals surface area contributed by atoms with Crippen molar-refractivity contribution < 1.29 is 14.3 Å². The molecule has 0 radical (unpaired) electrons. The van der Waals surface area contributed by atoms with E-state index in [0.29, 0.717) is 50.4 Å². The lowest BCUT2D eigenvalue weighted by Gasteiger charge is -2.27. The van der Waals surface area contributed by atoms with Crippen LogP contribution in [0.1, 0.15) is 30.1 Å². The van der Waals surface area contributed by atoms with Crippen molar-refractivity contribution in [1.82, 2.24) is 4.90 Å². The average molecular weight is 342 g/mol. The third-order valence-electron chi connectivity index (χ3n) is 3.52. The molecule has 2 amide bonds. The number of nitrogens with one attached hydrogen (secondary N) is 1. The number of nitrogens with zero attached hydrogens (tertiary/aromatic N) is 1. The highest BCUT2D eigenvalue weighted by atomic mass is 35.5. The van der Waals surface area contributed by atoms with Crippen LogP contribution in [0.2, 0.25) is 0 Å². The van der Waals surface area contributed by atoms with E-state index in [4.69, 9.17) is 10.5 Å². The Morgan fingerprint density at radius 3 is 2.70 bits per heavy atom. The van der Waals surface area contributed by atoms with Gasteiger partial charge in [0.2, 0.25) is 5.91 Å². The zero-order valence-corrected chi connectivity index (χ0v) is 14.1. The molecular formula is C16H24ClN3O3. The summed E-state index contributed by atoms with van der Waals surface area (Å²) in [5, 5.41) is 2.81. The zero-order valence-electron chi connectivity index (χ0n) is 13.3. The molecule has 1 aliphatic rings. The molecule has 128 valence electrons. The molecule has 1 fully saturated rings. The lowest BCUT2D eigenvalue weighted by molar-refractivity contribution is -0.116. The zero-order chi connectivity index (χ0) is 15.9. The minimum Gasteiger partial charge on any atom is -0.378 e. The highest BCUT2D eigenvalue weighted by Gasteiger charge is 2.18. The number of halogens is 1. The molecule has 2 rings (SSSR count). The van der Waals surface area contributed by atoms with Crippen LogP contribution in [0, 0.1) is 0 Å². The normalized spacial score (nSPS) is 15.5. The Kier molecular flexibility index (Phi) is 8.02. The van der Waals surface area contributed by atoms with Crippen LogP contribution >= 0.6 is 12.4 Å². The molecule has 1 aromatic carbocycles. The average Bonchev–Trinajstić information content (AvgIpc) is 2.53. The number of carbonyl (C=O) groups is 2. The van der Waals surface area contributed by atoms with Crippen LogP contribution in [0.5, 0.6) is 0 Å². The number of ether oxygens (including phenoxy) is 1. The second-order valence-electron chi connectivity index (χ2n) is 5.55. The lowest BCUT2D eigenvalue weighted by atomic mass is 10.1. The summed E-state index contributed by atoms with van der Waals surface area (Å²) >= 11 is 0. The summed E-state index contributed by atoms with van der Waals surface area (Å²) in [6.45, 7) is 4.21. The molecular weight excluding hydrogens is 318 g/mol. The fraction of sp³-hybridized carbons (Fsp3) is 0.500. The first-order chi connectivity index (χ1) is 10.6. The Balaban J connectivity index is 0.00000264. The first-order valence-electron chi connectivity index (χ1n) is 7.59. The van der Waals surface area contributed by atoms with Crippen molar-refractivity contribution in [3.63, 3.8) is 0 Å². The van der Waals surface area contributed by atoms with Crippen molar-refractivity contribution in [2.24, 2.45) is 5.73 Å². The number of benzene rings is 1. The van der Waals surface area contributed by atoms with Gasteiger partial charge in [-0.15, -0.1) is 12.4 Å². The fourth-order valence-corrected chi connectivity index (χ4v) is 2.26. The van der Waals surface area contributed by atoms with Crippen molar-refractivity contribution >= 4 is 29.9 Å². The number of anilines is 1. The lowest BCUT2D eigenvalue weighted by Crippen LogP contribution is -2.40. The van der Waals surface area contributed by atoms with Gasteiger partial charge in [0.1, 0.15) is 0 Å². The van der Waals surface area contributed by atoms with Gasteiger partial charge in [0.05, 0.1) is 13.2 Å². The standard InChI is InChI=1S/C16H23N3O3.ClH/c1-12(17)5-6-15(20)18-14-4-2-3-13(11-14)16(21)19-7-9-22-10-8-19;/h2-4,11-12H,5-10,17H2,1H3,(H,18,20);1H. The molecule has 7 heteroatoms. The molecule has 3 N–H and O–H groups in total. The molecule has 1 atom stereocenters. The minimum absolute atomic E-state index is 0. The van der Waals surface area contributed by atoms with Crippen LogP contribution in [-0.2, 0) is 9.53 Å². The molecule has 0 bridgehead atoms. The Hall–Kier alpha value is -1.63. The van der Waals surface area contributed by atoms with Crippen LogP contribution in [0.15, 0.2) is 24.3 Å². The Labute approximate surface area is 142 Å². The SMILES string of the molecule is CC(N)CCC(=O)Nc1cccc(C(=O)N2CCOCC2)c1.Cl. The van der Waals surface area contributed by atoms with Gasteiger partial charge in [0.25, 0.3) is 5.91 Å². The number of nitrogens with two attached hydrogens (primary N) is 1. The predicted octanol–water partition coefficient (Wildman–Crippen LogP) is 1.65. The highest BCUT2D eigenvalue weighted by molar-refractivity contribution is 5.97. The van der Waals surface area contributed by atoms with Crippen LogP contribution in [0.4, 0.5) is 5.69 Å². The molecule has 0 aliphatic carbocycles.